The molecule has 0 saturated heterocycles. The SMILES string of the molecule is Cc1cc(=O)c2cc(C(=O)NC(C)c3cccs3)ccc2[nH]1. The number of fused-ring (bicyclic) bond motifs is 1. The van der Waals surface area contributed by atoms with Gasteiger partial charge in [-0.1, -0.05) is 6.07 Å². The van der Waals surface area contributed by atoms with Crippen molar-refractivity contribution < 1.29 is 4.79 Å². The van der Waals surface area contributed by atoms with Crippen LogP contribution in [0.1, 0.15) is 33.9 Å². The maximum atomic E-state index is 12.4. The van der Waals surface area contributed by atoms with Gasteiger partial charge in [0.15, 0.2) is 5.43 Å². The van der Waals surface area contributed by atoms with E-state index in [0.29, 0.717) is 10.9 Å². The zero-order chi connectivity index (χ0) is 15.7. The first-order valence-electron chi connectivity index (χ1n) is 7.02. The molecule has 22 heavy (non-hydrogen) atoms. The van der Waals surface area contributed by atoms with E-state index in [-0.39, 0.29) is 17.4 Å². The third-order valence-corrected chi connectivity index (χ3v) is 4.60. The van der Waals surface area contributed by atoms with Crippen molar-refractivity contribution in [2.24, 2.45) is 0 Å². The zero-order valence-electron chi connectivity index (χ0n) is 12.3. The van der Waals surface area contributed by atoms with E-state index < -0.39 is 0 Å². The number of thiophene rings is 1. The van der Waals surface area contributed by atoms with E-state index in [1.807, 2.05) is 31.4 Å². The van der Waals surface area contributed by atoms with Crippen molar-refractivity contribution in [1.82, 2.24) is 10.3 Å². The summed E-state index contributed by atoms with van der Waals surface area (Å²) >= 11 is 1.61. The van der Waals surface area contributed by atoms with Crippen LogP contribution in [0.2, 0.25) is 0 Å². The van der Waals surface area contributed by atoms with Crippen LogP contribution in [0.4, 0.5) is 0 Å². The first kappa shape index (κ1) is 14.5. The molecule has 0 aliphatic carbocycles. The molecule has 4 nitrogen and oxygen atoms in total. The lowest BCUT2D eigenvalue weighted by Crippen LogP contribution is -2.26. The number of aromatic nitrogens is 1. The van der Waals surface area contributed by atoms with E-state index in [0.717, 1.165) is 16.1 Å². The van der Waals surface area contributed by atoms with Crippen molar-refractivity contribution in [3.63, 3.8) is 0 Å². The van der Waals surface area contributed by atoms with Gasteiger partial charge in [-0.05, 0) is 43.5 Å². The number of aryl methyl sites for hydroxylation is 1. The highest BCUT2D eigenvalue weighted by atomic mass is 32.1. The van der Waals surface area contributed by atoms with Gasteiger partial charge < -0.3 is 10.3 Å². The average Bonchev–Trinajstić information content (AvgIpc) is 3.01. The van der Waals surface area contributed by atoms with Crippen molar-refractivity contribution in [3.05, 3.63) is 68.1 Å². The smallest absolute Gasteiger partial charge is 0.251 e. The molecule has 112 valence electrons. The number of carbonyl (C=O) groups is 1. The summed E-state index contributed by atoms with van der Waals surface area (Å²) in [5.41, 5.74) is 1.96. The lowest BCUT2D eigenvalue weighted by Gasteiger charge is -2.12. The molecule has 0 aliphatic rings. The third kappa shape index (κ3) is 2.80. The third-order valence-electron chi connectivity index (χ3n) is 3.54. The first-order valence-corrected chi connectivity index (χ1v) is 7.90. The molecule has 1 amide bonds. The van der Waals surface area contributed by atoms with Crippen molar-refractivity contribution >= 4 is 28.1 Å². The summed E-state index contributed by atoms with van der Waals surface area (Å²) in [5, 5.41) is 5.47. The number of hydrogen-bond donors (Lipinski definition) is 2. The van der Waals surface area contributed by atoms with Crippen LogP contribution in [-0.4, -0.2) is 10.9 Å². The van der Waals surface area contributed by atoms with Crippen LogP contribution in [0.15, 0.2) is 46.6 Å². The number of amides is 1. The Morgan fingerprint density at radius 3 is 2.82 bits per heavy atom. The highest BCUT2D eigenvalue weighted by molar-refractivity contribution is 7.10. The van der Waals surface area contributed by atoms with Gasteiger partial charge in [0.2, 0.25) is 0 Å². The van der Waals surface area contributed by atoms with Gasteiger partial charge >= 0.3 is 0 Å². The Bertz CT molecular complexity index is 881. The number of benzene rings is 1. The largest absolute Gasteiger partial charge is 0.358 e. The second kappa shape index (κ2) is 5.77. The van der Waals surface area contributed by atoms with Crippen LogP contribution < -0.4 is 10.7 Å². The van der Waals surface area contributed by atoms with Gasteiger partial charge in [-0.15, -0.1) is 11.3 Å². The molecule has 0 radical (unpaired) electrons. The molecule has 1 atom stereocenters. The summed E-state index contributed by atoms with van der Waals surface area (Å²) in [6.07, 6.45) is 0. The topological polar surface area (TPSA) is 62.0 Å². The minimum atomic E-state index is -0.178. The van der Waals surface area contributed by atoms with Crippen LogP contribution in [0.5, 0.6) is 0 Å². The number of pyridine rings is 1. The molecule has 3 rings (SSSR count). The van der Waals surface area contributed by atoms with Gasteiger partial charge in [0, 0.05) is 33.1 Å². The molecule has 0 fully saturated rings. The molecule has 0 spiro atoms. The minimum Gasteiger partial charge on any atom is -0.358 e. The Kier molecular flexibility index (Phi) is 3.81. The normalized spacial score (nSPS) is 12.3. The molecule has 2 heterocycles. The Morgan fingerprint density at radius 1 is 1.27 bits per heavy atom. The summed E-state index contributed by atoms with van der Waals surface area (Å²) < 4.78 is 0. The molecule has 0 bridgehead atoms. The molecular weight excluding hydrogens is 296 g/mol. The van der Waals surface area contributed by atoms with Crippen molar-refractivity contribution in [3.8, 4) is 0 Å². The maximum absolute atomic E-state index is 12.4. The fraction of sp³-hybridized carbons (Fsp3) is 0.176. The molecule has 0 saturated carbocycles. The lowest BCUT2D eigenvalue weighted by molar-refractivity contribution is 0.0940. The van der Waals surface area contributed by atoms with Crippen LogP contribution in [0.25, 0.3) is 10.9 Å². The van der Waals surface area contributed by atoms with E-state index in [1.165, 1.54) is 6.07 Å². The highest BCUT2D eigenvalue weighted by Gasteiger charge is 2.13. The Balaban J connectivity index is 1.90. The number of nitrogens with one attached hydrogen (secondary N) is 2. The molecule has 0 aliphatic heterocycles. The molecule has 2 aromatic heterocycles. The van der Waals surface area contributed by atoms with Crippen LogP contribution in [0.3, 0.4) is 0 Å². The zero-order valence-corrected chi connectivity index (χ0v) is 13.2. The van der Waals surface area contributed by atoms with Gasteiger partial charge in [-0.3, -0.25) is 9.59 Å². The van der Waals surface area contributed by atoms with Crippen LogP contribution in [0, 0.1) is 6.92 Å². The van der Waals surface area contributed by atoms with E-state index in [9.17, 15) is 9.59 Å². The lowest BCUT2D eigenvalue weighted by atomic mass is 10.1. The van der Waals surface area contributed by atoms with Crippen molar-refractivity contribution in [2.45, 2.75) is 19.9 Å². The number of carbonyl (C=O) groups excluding carboxylic acids is 1. The average molecular weight is 312 g/mol. The number of rotatable bonds is 3. The standard InChI is InChI=1S/C17H16N2O2S/c1-10-8-15(20)13-9-12(5-6-14(13)18-10)17(21)19-11(2)16-4-3-7-22-16/h3-9,11H,1-2H3,(H,18,20)(H,19,21). The Morgan fingerprint density at radius 2 is 2.09 bits per heavy atom. The first-order chi connectivity index (χ1) is 10.5. The van der Waals surface area contributed by atoms with Gasteiger partial charge in [0.05, 0.1) is 6.04 Å². The van der Waals surface area contributed by atoms with Crippen LogP contribution in [-0.2, 0) is 0 Å². The molecule has 2 N–H and O–H groups in total. The number of H-pyrrole nitrogens is 1. The molecule has 3 aromatic rings. The Hall–Kier alpha value is -2.40. The summed E-state index contributed by atoms with van der Waals surface area (Å²) in [6, 6.07) is 10.6. The predicted molar refractivity (Wildman–Crippen MR) is 89.5 cm³/mol. The summed E-state index contributed by atoms with van der Waals surface area (Å²) in [5.74, 6) is -0.178. The van der Waals surface area contributed by atoms with E-state index >= 15 is 0 Å². The second-order valence-electron chi connectivity index (χ2n) is 5.29. The minimum absolute atomic E-state index is 0.0560. The van der Waals surface area contributed by atoms with Crippen molar-refractivity contribution in [2.75, 3.05) is 0 Å². The van der Waals surface area contributed by atoms with Gasteiger partial charge in [-0.25, -0.2) is 0 Å². The van der Waals surface area contributed by atoms with Crippen molar-refractivity contribution in [1.29, 1.82) is 0 Å². The fourth-order valence-corrected chi connectivity index (χ4v) is 3.14. The highest BCUT2D eigenvalue weighted by Crippen LogP contribution is 2.19. The maximum Gasteiger partial charge on any atom is 0.251 e. The quantitative estimate of drug-likeness (QED) is 0.778. The van der Waals surface area contributed by atoms with Gasteiger partial charge in [0.25, 0.3) is 5.91 Å². The van der Waals surface area contributed by atoms with Gasteiger partial charge in [0.1, 0.15) is 0 Å². The summed E-state index contributed by atoms with van der Waals surface area (Å²) in [4.78, 5) is 28.6. The fourth-order valence-electron chi connectivity index (χ4n) is 2.41. The summed E-state index contributed by atoms with van der Waals surface area (Å²) in [7, 11) is 0. The second-order valence-corrected chi connectivity index (χ2v) is 6.27. The number of aromatic amines is 1. The molecule has 1 unspecified atom stereocenters. The van der Waals surface area contributed by atoms with Gasteiger partial charge in [-0.2, -0.15) is 0 Å². The Labute approximate surface area is 131 Å². The predicted octanol–water partition coefficient (Wildman–Crippen LogP) is 3.39. The van der Waals surface area contributed by atoms with E-state index in [1.54, 1.807) is 29.5 Å². The number of hydrogen-bond acceptors (Lipinski definition) is 3. The molecule has 1 aromatic carbocycles. The van der Waals surface area contributed by atoms with E-state index in [4.69, 9.17) is 0 Å². The summed E-state index contributed by atoms with van der Waals surface area (Å²) in [6.45, 7) is 3.78. The monoisotopic (exact) mass is 312 g/mol. The van der Waals surface area contributed by atoms with Crippen LogP contribution >= 0.6 is 11.3 Å². The molecular formula is C17H16N2O2S. The van der Waals surface area contributed by atoms with E-state index in [2.05, 4.69) is 10.3 Å². The molecule has 5 heteroatoms.